The molecule has 5 nitrogen and oxygen atoms in total. The Morgan fingerprint density at radius 1 is 1.27 bits per heavy atom. The second-order valence-corrected chi connectivity index (χ2v) is 5.88. The van der Waals surface area contributed by atoms with E-state index in [9.17, 15) is 4.79 Å². The van der Waals surface area contributed by atoms with Crippen molar-refractivity contribution in [3.05, 3.63) is 46.7 Å². The lowest BCUT2D eigenvalue weighted by Crippen LogP contribution is -2.36. The van der Waals surface area contributed by atoms with Gasteiger partial charge in [-0.3, -0.25) is 0 Å². The first-order valence-corrected chi connectivity index (χ1v) is 7.92. The molecular weight excluding hydrogens is 298 g/mol. The van der Waals surface area contributed by atoms with Gasteiger partial charge in [-0.15, -0.1) is 0 Å². The number of amides is 2. The number of urea groups is 1. The summed E-state index contributed by atoms with van der Waals surface area (Å²) in [5.41, 5.74) is 1.94. The Labute approximate surface area is 134 Å². The van der Waals surface area contributed by atoms with E-state index in [0.717, 1.165) is 11.4 Å². The van der Waals surface area contributed by atoms with Crippen molar-refractivity contribution in [2.45, 2.75) is 6.04 Å². The standard InChI is InChI=1S/C16H21N3O2S/c1-19(2)15(12-8-9-22-11-12)10-17-16(20)18-13-4-6-14(21-3)7-5-13/h4-9,11,15H,10H2,1-3H3,(H2,17,18,20)/t15-/m0/s1. The van der Waals surface area contributed by atoms with Crippen LogP contribution in [0.4, 0.5) is 10.5 Å². The molecule has 2 amide bonds. The number of anilines is 1. The van der Waals surface area contributed by atoms with Crippen LogP contribution >= 0.6 is 11.3 Å². The van der Waals surface area contributed by atoms with Crippen molar-refractivity contribution in [2.24, 2.45) is 0 Å². The second-order valence-electron chi connectivity index (χ2n) is 5.10. The van der Waals surface area contributed by atoms with Gasteiger partial charge in [0.25, 0.3) is 0 Å². The Hall–Kier alpha value is -2.05. The van der Waals surface area contributed by atoms with Gasteiger partial charge in [0, 0.05) is 12.2 Å². The summed E-state index contributed by atoms with van der Waals surface area (Å²) in [7, 11) is 5.62. The normalized spacial score (nSPS) is 12.0. The molecule has 2 N–H and O–H groups in total. The molecule has 0 saturated carbocycles. The summed E-state index contributed by atoms with van der Waals surface area (Å²) in [6.45, 7) is 0.547. The van der Waals surface area contributed by atoms with Crippen molar-refractivity contribution < 1.29 is 9.53 Å². The maximum absolute atomic E-state index is 12.0. The third-order valence-corrected chi connectivity index (χ3v) is 4.06. The number of carbonyl (C=O) groups is 1. The van der Waals surface area contributed by atoms with Gasteiger partial charge in [0.2, 0.25) is 0 Å². The number of ether oxygens (including phenoxy) is 1. The number of rotatable bonds is 6. The Bertz CT molecular complexity index is 582. The lowest BCUT2D eigenvalue weighted by Gasteiger charge is -2.24. The van der Waals surface area contributed by atoms with E-state index in [1.54, 1.807) is 30.6 Å². The molecule has 0 unspecified atom stereocenters. The van der Waals surface area contributed by atoms with Crippen molar-refractivity contribution in [1.82, 2.24) is 10.2 Å². The molecule has 1 aromatic carbocycles. The van der Waals surface area contributed by atoms with Gasteiger partial charge in [-0.1, -0.05) is 0 Å². The first-order valence-electron chi connectivity index (χ1n) is 6.97. The summed E-state index contributed by atoms with van der Waals surface area (Å²) in [4.78, 5) is 14.1. The molecule has 0 spiro atoms. The summed E-state index contributed by atoms with van der Waals surface area (Å²) in [6.07, 6.45) is 0. The SMILES string of the molecule is COc1ccc(NC(=O)NC[C@@H](c2ccsc2)N(C)C)cc1. The highest BCUT2D eigenvalue weighted by atomic mass is 32.1. The first kappa shape index (κ1) is 16.3. The van der Waals surface area contributed by atoms with Gasteiger partial charge < -0.3 is 20.3 Å². The number of methoxy groups -OCH3 is 1. The number of likely N-dealkylation sites (N-methyl/N-ethyl adjacent to an activating group) is 1. The van der Waals surface area contributed by atoms with Crippen LogP contribution in [0.5, 0.6) is 5.75 Å². The lowest BCUT2D eigenvalue weighted by molar-refractivity contribution is 0.243. The van der Waals surface area contributed by atoms with Crippen LogP contribution < -0.4 is 15.4 Å². The fourth-order valence-electron chi connectivity index (χ4n) is 2.10. The van der Waals surface area contributed by atoms with Crippen LogP contribution in [-0.4, -0.2) is 38.7 Å². The van der Waals surface area contributed by atoms with Crippen molar-refractivity contribution in [3.63, 3.8) is 0 Å². The van der Waals surface area contributed by atoms with Crippen LogP contribution in [-0.2, 0) is 0 Å². The van der Waals surface area contributed by atoms with E-state index in [2.05, 4.69) is 27.0 Å². The average Bonchev–Trinajstić information content (AvgIpc) is 3.02. The molecule has 0 radical (unpaired) electrons. The van der Waals surface area contributed by atoms with E-state index in [-0.39, 0.29) is 12.1 Å². The van der Waals surface area contributed by atoms with E-state index in [0.29, 0.717) is 6.54 Å². The Balaban J connectivity index is 1.88. The molecule has 1 aromatic heterocycles. The van der Waals surface area contributed by atoms with Crippen LogP contribution in [0.15, 0.2) is 41.1 Å². The fourth-order valence-corrected chi connectivity index (χ4v) is 2.81. The molecular formula is C16H21N3O2S. The quantitative estimate of drug-likeness (QED) is 0.860. The molecule has 6 heteroatoms. The van der Waals surface area contributed by atoms with Gasteiger partial charge in [0.15, 0.2) is 0 Å². The highest BCUT2D eigenvalue weighted by Crippen LogP contribution is 2.20. The van der Waals surface area contributed by atoms with Gasteiger partial charge in [0.1, 0.15) is 5.75 Å². The Morgan fingerprint density at radius 2 is 2.00 bits per heavy atom. The van der Waals surface area contributed by atoms with Gasteiger partial charge in [-0.05, 0) is 60.8 Å². The maximum atomic E-state index is 12.0. The third kappa shape index (κ3) is 4.47. The zero-order valence-corrected chi connectivity index (χ0v) is 13.8. The molecule has 1 heterocycles. The van der Waals surface area contributed by atoms with Gasteiger partial charge in [-0.2, -0.15) is 11.3 Å². The predicted molar refractivity (Wildman–Crippen MR) is 90.8 cm³/mol. The largest absolute Gasteiger partial charge is 0.497 e. The average molecular weight is 319 g/mol. The summed E-state index contributed by atoms with van der Waals surface area (Å²) in [5.74, 6) is 0.760. The lowest BCUT2D eigenvalue weighted by atomic mass is 10.1. The summed E-state index contributed by atoms with van der Waals surface area (Å²) in [5, 5.41) is 9.87. The summed E-state index contributed by atoms with van der Waals surface area (Å²) in [6, 6.07) is 9.26. The molecule has 0 aliphatic rings. The minimum absolute atomic E-state index is 0.160. The second kappa shape index (κ2) is 7.82. The summed E-state index contributed by atoms with van der Waals surface area (Å²) >= 11 is 1.66. The van der Waals surface area contributed by atoms with E-state index >= 15 is 0 Å². The summed E-state index contributed by atoms with van der Waals surface area (Å²) < 4.78 is 5.09. The number of nitrogens with one attached hydrogen (secondary N) is 2. The molecule has 0 bridgehead atoms. The zero-order valence-electron chi connectivity index (χ0n) is 13.0. The number of benzene rings is 1. The molecule has 2 rings (SSSR count). The smallest absolute Gasteiger partial charge is 0.319 e. The highest BCUT2D eigenvalue weighted by molar-refractivity contribution is 7.07. The van der Waals surface area contributed by atoms with Crippen LogP contribution in [0.25, 0.3) is 0 Å². The number of hydrogen-bond donors (Lipinski definition) is 2. The predicted octanol–water partition coefficient (Wildman–Crippen LogP) is 3.18. The van der Waals surface area contributed by atoms with Crippen molar-refractivity contribution in [2.75, 3.05) is 33.1 Å². The van der Waals surface area contributed by atoms with Crippen molar-refractivity contribution in [3.8, 4) is 5.75 Å². The minimum Gasteiger partial charge on any atom is -0.497 e. The highest BCUT2D eigenvalue weighted by Gasteiger charge is 2.15. The molecule has 118 valence electrons. The molecule has 0 aliphatic carbocycles. The van der Waals surface area contributed by atoms with Crippen molar-refractivity contribution >= 4 is 23.1 Å². The molecule has 1 atom stereocenters. The van der Waals surface area contributed by atoms with Gasteiger partial charge >= 0.3 is 6.03 Å². The molecule has 0 fully saturated rings. The zero-order chi connectivity index (χ0) is 15.9. The van der Waals surface area contributed by atoms with Gasteiger partial charge in [0.05, 0.1) is 13.2 Å². The van der Waals surface area contributed by atoms with Crippen LogP contribution in [0.1, 0.15) is 11.6 Å². The van der Waals surface area contributed by atoms with Crippen LogP contribution in [0, 0.1) is 0 Å². The molecule has 22 heavy (non-hydrogen) atoms. The molecule has 0 aliphatic heterocycles. The van der Waals surface area contributed by atoms with Crippen LogP contribution in [0.3, 0.4) is 0 Å². The maximum Gasteiger partial charge on any atom is 0.319 e. The molecule has 0 saturated heterocycles. The van der Waals surface area contributed by atoms with Gasteiger partial charge in [-0.25, -0.2) is 4.79 Å². The first-order chi connectivity index (χ1) is 10.6. The number of thiophene rings is 1. The van der Waals surface area contributed by atoms with Crippen LogP contribution in [0.2, 0.25) is 0 Å². The monoisotopic (exact) mass is 319 g/mol. The van der Waals surface area contributed by atoms with E-state index in [1.807, 2.05) is 31.6 Å². The topological polar surface area (TPSA) is 53.6 Å². The number of carbonyl (C=O) groups excluding carboxylic acids is 1. The fraction of sp³-hybridized carbons (Fsp3) is 0.312. The van der Waals surface area contributed by atoms with E-state index < -0.39 is 0 Å². The van der Waals surface area contributed by atoms with Crippen molar-refractivity contribution in [1.29, 1.82) is 0 Å². The number of hydrogen-bond acceptors (Lipinski definition) is 4. The molecule has 2 aromatic rings. The Kier molecular flexibility index (Phi) is 5.80. The third-order valence-electron chi connectivity index (χ3n) is 3.36. The number of nitrogens with zero attached hydrogens (tertiary/aromatic N) is 1. The van der Waals surface area contributed by atoms with E-state index in [1.165, 1.54) is 5.56 Å². The minimum atomic E-state index is -0.216. The van der Waals surface area contributed by atoms with E-state index in [4.69, 9.17) is 4.74 Å². The Morgan fingerprint density at radius 3 is 2.55 bits per heavy atom.